The molecule has 1 fully saturated rings. The van der Waals surface area contributed by atoms with Crippen LogP contribution in [0.1, 0.15) is 43.7 Å². The molecule has 1 aromatic rings. The van der Waals surface area contributed by atoms with Gasteiger partial charge in [-0.2, -0.15) is 0 Å². The van der Waals surface area contributed by atoms with Gasteiger partial charge in [-0.05, 0) is 49.1 Å². The largest absolute Gasteiger partial charge is 0.385 e. The average molecular weight is 373 g/mol. The van der Waals surface area contributed by atoms with Crippen LogP contribution in [0.3, 0.4) is 0 Å². The Morgan fingerprint density at radius 2 is 2.04 bits per heavy atom. The van der Waals surface area contributed by atoms with Crippen molar-refractivity contribution in [2.75, 3.05) is 40.4 Å². The molecule has 1 aliphatic carbocycles. The normalized spacial score (nSPS) is 20.5. The topological polar surface area (TPSA) is 48.9 Å². The second-order valence-electron chi connectivity index (χ2n) is 8.24. The lowest BCUT2D eigenvalue weighted by Crippen LogP contribution is -2.50. The first-order chi connectivity index (χ1) is 13.2. The Kier molecular flexibility index (Phi) is 7.13. The van der Waals surface area contributed by atoms with Crippen molar-refractivity contribution in [1.82, 2.24) is 15.5 Å². The van der Waals surface area contributed by atoms with Gasteiger partial charge < -0.3 is 15.4 Å². The SMILES string of the molecule is CN=C(NCC(C)N1CCc2ccccc2C1)NCC1(CCOC)CCC1. The van der Waals surface area contributed by atoms with Crippen molar-refractivity contribution in [2.45, 2.75) is 51.6 Å². The second-order valence-corrected chi connectivity index (χ2v) is 8.24. The van der Waals surface area contributed by atoms with E-state index < -0.39 is 0 Å². The lowest BCUT2D eigenvalue weighted by Gasteiger charge is -2.42. The third kappa shape index (κ3) is 5.23. The van der Waals surface area contributed by atoms with Gasteiger partial charge in [0.15, 0.2) is 5.96 Å². The Hall–Kier alpha value is -1.59. The number of guanidine groups is 1. The summed E-state index contributed by atoms with van der Waals surface area (Å²) < 4.78 is 5.30. The van der Waals surface area contributed by atoms with Crippen LogP contribution >= 0.6 is 0 Å². The number of rotatable bonds is 8. The van der Waals surface area contributed by atoms with Gasteiger partial charge in [0.25, 0.3) is 0 Å². The molecule has 5 heteroatoms. The van der Waals surface area contributed by atoms with Crippen molar-refractivity contribution < 1.29 is 4.74 Å². The highest BCUT2D eigenvalue weighted by Gasteiger charge is 2.36. The molecule has 0 amide bonds. The van der Waals surface area contributed by atoms with E-state index in [4.69, 9.17) is 4.74 Å². The van der Waals surface area contributed by atoms with Crippen molar-refractivity contribution in [3.63, 3.8) is 0 Å². The van der Waals surface area contributed by atoms with Gasteiger partial charge in [0.2, 0.25) is 0 Å². The molecule has 0 spiro atoms. The predicted molar refractivity (Wildman–Crippen MR) is 112 cm³/mol. The molecule has 27 heavy (non-hydrogen) atoms. The van der Waals surface area contributed by atoms with Gasteiger partial charge in [-0.25, -0.2) is 0 Å². The van der Waals surface area contributed by atoms with E-state index >= 15 is 0 Å². The molecule has 0 saturated heterocycles. The van der Waals surface area contributed by atoms with E-state index in [1.165, 1.54) is 30.4 Å². The smallest absolute Gasteiger partial charge is 0.191 e. The molecule has 0 aromatic heterocycles. The maximum Gasteiger partial charge on any atom is 0.191 e. The first kappa shape index (κ1) is 20.2. The van der Waals surface area contributed by atoms with Gasteiger partial charge in [0.05, 0.1) is 0 Å². The van der Waals surface area contributed by atoms with Crippen LogP contribution in [0.25, 0.3) is 0 Å². The molecule has 3 rings (SSSR count). The number of methoxy groups -OCH3 is 1. The number of ether oxygens (including phenoxy) is 1. The second kappa shape index (κ2) is 9.56. The van der Waals surface area contributed by atoms with E-state index in [-0.39, 0.29) is 0 Å². The van der Waals surface area contributed by atoms with Crippen LogP contribution in [-0.4, -0.2) is 57.3 Å². The number of aliphatic imine (C=N–C) groups is 1. The first-order valence-electron chi connectivity index (χ1n) is 10.4. The Morgan fingerprint density at radius 1 is 1.26 bits per heavy atom. The summed E-state index contributed by atoms with van der Waals surface area (Å²) in [6.07, 6.45) is 6.21. The van der Waals surface area contributed by atoms with E-state index in [0.717, 1.165) is 51.6 Å². The van der Waals surface area contributed by atoms with Crippen molar-refractivity contribution in [3.8, 4) is 0 Å². The van der Waals surface area contributed by atoms with E-state index in [9.17, 15) is 0 Å². The van der Waals surface area contributed by atoms with Crippen molar-refractivity contribution >= 4 is 5.96 Å². The average Bonchev–Trinajstić information content (AvgIpc) is 2.68. The standard InChI is InChI=1S/C22H36N4O/c1-18(26-13-9-19-7-4-5-8-20(19)16-26)15-24-21(23-2)25-17-22(10-6-11-22)12-14-27-3/h4-5,7-8,18H,6,9-17H2,1-3H3,(H2,23,24,25). The van der Waals surface area contributed by atoms with Crippen LogP contribution in [0.15, 0.2) is 29.3 Å². The maximum atomic E-state index is 5.30. The molecule has 1 aliphatic heterocycles. The Labute approximate surface area is 164 Å². The predicted octanol–water partition coefficient (Wildman–Crippen LogP) is 2.80. The van der Waals surface area contributed by atoms with Crippen molar-refractivity contribution in [1.29, 1.82) is 0 Å². The van der Waals surface area contributed by atoms with Crippen LogP contribution < -0.4 is 10.6 Å². The van der Waals surface area contributed by atoms with Crippen molar-refractivity contribution in [2.24, 2.45) is 10.4 Å². The Balaban J connectivity index is 1.44. The summed E-state index contributed by atoms with van der Waals surface area (Å²) in [5, 5.41) is 7.09. The fraction of sp³-hybridized carbons (Fsp3) is 0.682. The molecule has 2 N–H and O–H groups in total. The molecule has 5 nitrogen and oxygen atoms in total. The first-order valence-corrected chi connectivity index (χ1v) is 10.4. The van der Waals surface area contributed by atoms with E-state index in [0.29, 0.717) is 11.5 Å². The fourth-order valence-corrected chi connectivity index (χ4v) is 4.27. The molecule has 0 bridgehead atoms. The molecular formula is C22H36N4O. The lowest BCUT2D eigenvalue weighted by atomic mass is 9.67. The molecule has 150 valence electrons. The van der Waals surface area contributed by atoms with Gasteiger partial charge >= 0.3 is 0 Å². The van der Waals surface area contributed by atoms with Crippen LogP contribution in [0, 0.1) is 5.41 Å². The summed E-state index contributed by atoms with van der Waals surface area (Å²) in [6, 6.07) is 9.30. The van der Waals surface area contributed by atoms with Gasteiger partial charge in [-0.3, -0.25) is 9.89 Å². The zero-order valence-electron chi connectivity index (χ0n) is 17.3. The van der Waals surface area contributed by atoms with Gasteiger partial charge in [-0.15, -0.1) is 0 Å². The number of nitrogens with one attached hydrogen (secondary N) is 2. The van der Waals surface area contributed by atoms with Crippen LogP contribution in [0.2, 0.25) is 0 Å². The quantitative estimate of drug-likeness (QED) is 0.544. The zero-order valence-corrected chi connectivity index (χ0v) is 17.3. The summed E-state index contributed by atoms with van der Waals surface area (Å²) in [5.41, 5.74) is 3.38. The minimum absolute atomic E-state index is 0.399. The minimum atomic E-state index is 0.399. The summed E-state index contributed by atoms with van der Waals surface area (Å²) in [4.78, 5) is 6.99. The van der Waals surface area contributed by atoms with E-state index in [2.05, 4.69) is 51.7 Å². The highest BCUT2D eigenvalue weighted by Crippen LogP contribution is 2.43. The number of hydrogen-bond acceptors (Lipinski definition) is 3. The number of fused-ring (bicyclic) bond motifs is 1. The monoisotopic (exact) mass is 372 g/mol. The molecule has 1 atom stereocenters. The summed E-state index contributed by atoms with van der Waals surface area (Å²) >= 11 is 0. The molecule has 2 aliphatic rings. The Bertz CT molecular complexity index is 626. The lowest BCUT2D eigenvalue weighted by molar-refractivity contribution is 0.0732. The van der Waals surface area contributed by atoms with Crippen molar-refractivity contribution in [3.05, 3.63) is 35.4 Å². The van der Waals surface area contributed by atoms with Crippen LogP contribution in [0.4, 0.5) is 0 Å². The molecule has 1 heterocycles. The molecule has 0 radical (unpaired) electrons. The Morgan fingerprint density at radius 3 is 2.70 bits per heavy atom. The van der Waals surface area contributed by atoms with Gasteiger partial charge in [-0.1, -0.05) is 30.7 Å². The highest BCUT2D eigenvalue weighted by molar-refractivity contribution is 5.79. The van der Waals surface area contributed by atoms with Gasteiger partial charge in [0.1, 0.15) is 0 Å². The number of benzene rings is 1. The molecule has 1 unspecified atom stereocenters. The maximum absolute atomic E-state index is 5.30. The summed E-state index contributed by atoms with van der Waals surface area (Å²) in [5.74, 6) is 0.919. The molecule has 1 saturated carbocycles. The summed E-state index contributed by atoms with van der Waals surface area (Å²) in [7, 11) is 3.65. The minimum Gasteiger partial charge on any atom is -0.385 e. The summed E-state index contributed by atoms with van der Waals surface area (Å²) in [6.45, 7) is 7.23. The molecule has 1 aromatic carbocycles. The molecular weight excluding hydrogens is 336 g/mol. The highest BCUT2D eigenvalue weighted by atomic mass is 16.5. The van der Waals surface area contributed by atoms with Crippen LogP contribution in [0.5, 0.6) is 0 Å². The number of hydrogen-bond donors (Lipinski definition) is 2. The third-order valence-electron chi connectivity index (χ3n) is 6.45. The fourth-order valence-electron chi connectivity index (χ4n) is 4.27. The third-order valence-corrected chi connectivity index (χ3v) is 6.45. The zero-order chi connectivity index (χ0) is 19.1. The van der Waals surface area contributed by atoms with E-state index in [1.807, 2.05) is 7.05 Å². The van der Waals surface area contributed by atoms with E-state index in [1.54, 1.807) is 7.11 Å². The van der Waals surface area contributed by atoms with Gasteiger partial charge in [0, 0.05) is 53.0 Å². The number of nitrogens with zero attached hydrogens (tertiary/aromatic N) is 2. The van der Waals surface area contributed by atoms with Crippen LogP contribution in [-0.2, 0) is 17.7 Å².